The average molecular weight is 560 g/mol. The number of H-pyrrole nitrogens is 2. The molecule has 2 aromatic carbocycles. The number of rotatable bonds is 14. The van der Waals surface area contributed by atoms with Crippen molar-refractivity contribution in [2.45, 2.75) is 61.9 Å². The Balaban J connectivity index is 1.55. The van der Waals surface area contributed by atoms with Crippen molar-refractivity contribution in [1.29, 1.82) is 0 Å². The van der Waals surface area contributed by atoms with Gasteiger partial charge in [0.25, 0.3) is 0 Å². The summed E-state index contributed by atoms with van der Waals surface area (Å²) in [6, 6.07) is 14.4. The molecule has 0 bridgehead atoms. The molecule has 0 spiro atoms. The number of aromatic nitrogens is 4. The molecule has 0 saturated carbocycles. The normalized spacial score (nSPS) is 13.5. The van der Waals surface area contributed by atoms with Gasteiger partial charge in [-0.05, 0) is 73.9 Å². The van der Waals surface area contributed by atoms with E-state index in [-0.39, 0.29) is 0 Å². The van der Waals surface area contributed by atoms with E-state index < -0.39 is 20.3 Å². The number of imidazole rings is 2. The zero-order valence-electron chi connectivity index (χ0n) is 20.6. The summed E-state index contributed by atoms with van der Waals surface area (Å²) in [4.78, 5) is 14.5. The Morgan fingerprint density at radius 3 is 1.41 bits per heavy atom. The third-order valence-corrected chi connectivity index (χ3v) is 9.79. The van der Waals surface area contributed by atoms with E-state index in [1.807, 2.05) is 36.7 Å². The minimum Gasteiger partial charge on any atom is -0.351 e. The molecule has 196 valence electrons. The minimum atomic E-state index is -3.59. The summed E-state index contributed by atoms with van der Waals surface area (Å²) in [5.41, 5.74) is 3.53. The third-order valence-electron chi connectivity index (χ3n) is 6.68. The lowest BCUT2D eigenvalue weighted by Crippen LogP contribution is -2.22. The standard InChI is InChI=1S/C28H32Cl2N4O2S/c29-23-13-9-21(10-14-23)27(7-3-1-5-25-17-31-19-33-25)37(35,36)28(22-11-15-24(30)16-12-22)8-4-2-6-26-18-32-20-34-26/h9-20,27-28H,1-8H2,(H,31,33)(H,32,34). The first-order valence-electron chi connectivity index (χ1n) is 12.6. The molecule has 6 nitrogen and oxygen atoms in total. The first-order chi connectivity index (χ1) is 17.9. The van der Waals surface area contributed by atoms with Crippen LogP contribution in [0, 0.1) is 0 Å². The van der Waals surface area contributed by atoms with Crippen molar-refractivity contribution in [3.63, 3.8) is 0 Å². The van der Waals surface area contributed by atoms with Crippen LogP contribution in [-0.2, 0) is 22.7 Å². The maximum absolute atomic E-state index is 14.3. The Morgan fingerprint density at radius 2 is 1.05 bits per heavy atom. The summed E-state index contributed by atoms with van der Waals surface area (Å²) >= 11 is 12.3. The van der Waals surface area contributed by atoms with E-state index in [1.165, 1.54) is 0 Å². The number of unbranched alkanes of at least 4 members (excludes halogenated alkanes) is 2. The molecular weight excluding hydrogens is 527 g/mol. The molecule has 0 radical (unpaired) electrons. The van der Waals surface area contributed by atoms with Crippen LogP contribution in [0.3, 0.4) is 0 Å². The van der Waals surface area contributed by atoms with Crippen LogP contribution in [0.5, 0.6) is 0 Å². The van der Waals surface area contributed by atoms with Crippen molar-refractivity contribution in [2.24, 2.45) is 0 Å². The fourth-order valence-corrected chi connectivity index (χ4v) is 7.43. The molecule has 0 saturated heterocycles. The predicted molar refractivity (Wildman–Crippen MR) is 150 cm³/mol. The highest BCUT2D eigenvalue weighted by Gasteiger charge is 2.35. The molecule has 2 atom stereocenters. The number of nitrogens with zero attached hydrogens (tertiary/aromatic N) is 2. The van der Waals surface area contributed by atoms with Crippen molar-refractivity contribution in [1.82, 2.24) is 19.9 Å². The van der Waals surface area contributed by atoms with Gasteiger partial charge >= 0.3 is 0 Å². The SMILES string of the molecule is O=S(=O)(C(CCCCc1c[nH]cn1)c1ccc(Cl)cc1)C(CCCCc1c[nH]cn1)c1ccc(Cl)cc1. The lowest BCUT2D eigenvalue weighted by atomic mass is 10.0. The Hall–Kier alpha value is -2.61. The Kier molecular flexibility index (Phi) is 9.83. The van der Waals surface area contributed by atoms with Crippen molar-refractivity contribution in [3.8, 4) is 0 Å². The maximum atomic E-state index is 14.3. The van der Waals surface area contributed by atoms with Crippen LogP contribution < -0.4 is 0 Å². The summed E-state index contributed by atoms with van der Waals surface area (Å²) in [5, 5.41) is -0.0796. The van der Waals surface area contributed by atoms with Crippen LogP contribution in [0.15, 0.2) is 73.6 Å². The molecule has 2 heterocycles. The Bertz CT molecular complexity index is 1210. The lowest BCUT2D eigenvalue weighted by Gasteiger charge is -2.26. The largest absolute Gasteiger partial charge is 0.351 e. The van der Waals surface area contributed by atoms with Gasteiger partial charge in [0.15, 0.2) is 9.84 Å². The van der Waals surface area contributed by atoms with E-state index in [1.54, 1.807) is 36.9 Å². The van der Waals surface area contributed by atoms with Gasteiger partial charge < -0.3 is 9.97 Å². The summed E-state index contributed by atoms with van der Waals surface area (Å²) in [6.45, 7) is 0. The zero-order chi connectivity index (χ0) is 26.1. The summed E-state index contributed by atoms with van der Waals surface area (Å²) in [5.74, 6) is 0. The predicted octanol–water partition coefficient (Wildman–Crippen LogP) is 7.46. The summed E-state index contributed by atoms with van der Waals surface area (Å²) in [7, 11) is -3.59. The number of nitrogens with one attached hydrogen (secondary N) is 2. The van der Waals surface area contributed by atoms with Gasteiger partial charge in [0.05, 0.1) is 34.5 Å². The molecule has 0 fully saturated rings. The number of hydrogen-bond acceptors (Lipinski definition) is 4. The highest BCUT2D eigenvalue weighted by molar-refractivity contribution is 7.91. The average Bonchev–Trinajstić information content (AvgIpc) is 3.60. The molecule has 4 rings (SSSR count). The molecule has 0 aliphatic carbocycles. The van der Waals surface area contributed by atoms with Crippen LogP contribution in [0.25, 0.3) is 0 Å². The molecule has 0 aliphatic heterocycles. The van der Waals surface area contributed by atoms with Crippen molar-refractivity contribution in [3.05, 3.63) is 106 Å². The number of aryl methyl sites for hydroxylation is 2. The van der Waals surface area contributed by atoms with E-state index in [4.69, 9.17) is 23.2 Å². The van der Waals surface area contributed by atoms with Gasteiger partial charge in [-0.1, -0.05) is 60.3 Å². The third kappa shape index (κ3) is 7.69. The van der Waals surface area contributed by atoms with Crippen molar-refractivity contribution < 1.29 is 8.42 Å². The summed E-state index contributed by atoms with van der Waals surface area (Å²) < 4.78 is 28.7. The van der Waals surface area contributed by atoms with Crippen LogP contribution in [-0.4, -0.2) is 28.4 Å². The highest BCUT2D eigenvalue weighted by Crippen LogP contribution is 2.40. The maximum Gasteiger partial charge on any atom is 0.164 e. The zero-order valence-corrected chi connectivity index (χ0v) is 22.9. The molecule has 0 aliphatic rings. The minimum absolute atomic E-state index is 0.533. The number of halogens is 2. The highest BCUT2D eigenvalue weighted by atomic mass is 35.5. The van der Waals surface area contributed by atoms with Crippen molar-refractivity contribution in [2.75, 3.05) is 0 Å². The summed E-state index contributed by atoms with van der Waals surface area (Å²) in [6.07, 6.45) is 13.0. The second-order valence-electron chi connectivity index (χ2n) is 9.28. The molecule has 2 unspecified atom stereocenters. The quantitative estimate of drug-likeness (QED) is 0.157. The van der Waals surface area contributed by atoms with E-state index >= 15 is 0 Å². The van der Waals surface area contributed by atoms with Gasteiger partial charge in [0.2, 0.25) is 0 Å². The first kappa shape index (κ1) is 27.4. The lowest BCUT2D eigenvalue weighted by molar-refractivity contribution is 0.539. The van der Waals surface area contributed by atoms with E-state index in [0.29, 0.717) is 22.9 Å². The second-order valence-corrected chi connectivity index (χ2v) is 12.5. The molecule has 4 aromatic rings. The van der Waals surface area contributed by atoms with E-state index in [9.17, 15) is 8.42 Å². The molecule has 2 N–H and O–H groups in total. The number of sulfone groups is 1. The van der Waals surface area contributed by atoms with Gasteiger partial charge in [-0.2, -0.15) is 0 Å². The smallest absolute Gasteiger partial charge is 0.164 e. The monoisotopic (exact) mass is 558 g/mol. The van der Waals surface area contributed by atoms with Gasteiger partial charge in [-0.15, -0.1) is 0 Å². The van der Waals surface area contributed by atoms with Crippen molar-refractivity contribution >= 4 is 33.0 Å². The number of benzene rings is 2. The van der Waals surface area contributed by atoms with Crippen LogP contribution in [0.4, 0.5) is 0 Å². The van der Waals surface area contributed by atoms with Crippen LogP contribution in [0.1, 0.15) is 71.5 Å². The fourth-order valence-electron chi connectivity index (χ4n) is 4.72. The van der Waals surface area contributed by atoms with Gasteiger partial charge in [-0.3, -0.25) is 0 Å². The van der Waals surface area contributed by atoms with Crippen LogP contribution in [0.2, 0.25) is 10.0 Å². The molecule has 0 amide bonds. The molecule has 9 heteroatoms. The van der Waals surface area contributed by atoms with Gasteiger partial charge in [0, 0.05) is 22.4 Å². The Labute approximate surface area is 228 Å². The number of aromatic amines is 2. The first-order valence-corrected chi connectivity index (χ1v) is 15.0. The topological polar surface area (TPSA) is 91.5 Å². The Morgan fingerprint density at radius 1 is 0.649 bits per heavy atom. The second kappa shape index (κ2) is 13.3. The fraction of sp³-hybridized carbons (Fsp3) is 0.357. The van der Waals surface area contributed by atoms with E-state index in [0.717, 1.165) is 61.0 Å². The molecule has 2 aromatic heterocycles. The van der Waals surface area contributed by atoms with Gasteiger partial charge in [0.1, 0.15) is 0 Å². The van der Waals surface area contributed by atoms with E-state index in [2.05, 4.69) is 19.9 Å². The van der Waals surface area contributed by atoms with Crippen LogP contribution >= 0.6 is 23.2 Å². The molecular formula is C28H32Cl2N4O2S. The van der Waals surface area contributed by atoms with Gasteiger partial charge in [-0.25, -0.2) is 18.4 Å². The molecule has 37 heavy (non-hydrogen) atoms. The number of hydrogen-bond donors (Lipinski definition) is 2.